The number of para-hydroxylation sites is 1. The summed E-state index contributed by atoms with van der Waals surface area (Å²) in [6.45, 7) is 0.155. The third-order valence-corrected chi connectivity index (χ3v) is 9.35. The number of aromatic carboxylic acids is 1. The summed E-state index contributed by atoms with van der Waals surface area (Å²) in [5, 5.41) is 15.9. The monoisotopic (exact) mass is 629 g/mol. The molecule has 1 unspecified atom stereocenters. The van der Waals surface area contributed by atoms with Crippen LogP contribution >= 0.6 is 11.3 Å². The van der Waals surface area contributed by atoms with Crippen LogP contribution in [0.15, 0.2) is 52.4 Å². The Kier molecular flexibility index (Phi) is 7.32. The maximum atomic E-state index is 14.7. The summed E-state index contributed by atoms with van der Waals surface area (Å²) in [5.41, 5.74) is 1.73. The van der Waals surface area contributed by atoms with Crippen LogP contribution in [0, 0.1) is 5.82 Å². The van der Waals surface area contributed by atoms with Crippen LogP contribution in [-0.2, 0) is 11.3 Å². The average molecular weight is 630 g/mol. The van der Waals surface area contributed by atoms with Crippen LogP contribution in [-0.4, -0.2) is 45.8 Å². The highest BCUT2D eigenvalue weighted by molar-refractivity contribution is 7.14. The van der Waals surface area contributed by atoms with Gasteiger partial charge in [0.15, 0.2) is 5.13 Å². The van der Waals surface area contributed by atoms with E-state index < -0.39 is 18.1 Å². The molecule has 2 aliphatic heterocycles. The number of nitrogens with zero attached hydrogens (tertiary/aromatic N) is 3. The topological polar surface area (TPSA) is 97.9 Å². The fourth-order valence-electron chi connectivity index (χ4n) is 6.35. The molecule has 4 heterocycles. The molecule has 3 aliphatic rings. The number of carboxylic acids is 1. The number of carbonyl (C=O) groups is 1. The van der Waals surface area contributed by atoms with Gasteiger partial charge in [0, 0.05) is 40.1 Å². The second kappa shape index (κ2) is 11.2. The lowest BCUT2D eigenvalue weighted by atomic mass is 10.00. The van der Waals surface area contributed by atoms with Crippen LogP contribution in [0.1, 0.15) is 66.1 Å². The summed E-state index contributed by atoms with van der Waals surface area (Å²) in [6, 6.07) is 10.0. The summed E-state index contributed by atoms with van der Waals surface area (Å²) in [7, 11) is 0. The molecule has 2 aromatic heterocycles. The minimum absolute atomic E-state index is 0.0827. The van der Waals surface area contributed by atoms with Gasteiger partial charge < -0.3 is 24.0 Å². The lowest BCUT2D eigenvalue weighted by molar-refractivity contribution is -0.274. The lowest BCUT2D eigenvalue weighted by Crippen LogP contribution is -2.45. The summed E-state index contributed by atoms with van der Waals surface area (Å²) in [4.78, 5) is 18.2. The number of carboxylic acid groups (broad SMARTS) is 1. The van der Waals surface area contributed by atoms with E-state index in [2.05, 4.69) is 14.8 Å². The van der Waals surface area contributed by atoms with Crippen molar-refractivity contribution in [2.24, 2.45) is 0 Å². The molecule has 7 rings (SSSR count). The van der Waals surface area contributed by atoms with Crippen molar-refractivity contribution in [2.45, 2.75) is 75.6 Å². The second-order valence-corrected chi connectivity index (χ2v) is 12.2. The van der Waals surface area contributed by atoms with Gasteiger partial charge in [0.25, 0.3) is 0 Å². The Morgan fingerprint density at radius 3 is 2.50 bits per heavy atom. The van der Waals surface area contributed by atoms with Crippen molar-refractivity contribution in [2.75, 3.05) is 4.90 Å². The summed E-state index contributed by atoms with van der Waals surface area (Å²) < 4.78 is 70.4. The van der Waals surface area contributed by atoms with Crippen molar-refractivity contribution in [3.63, 3.8) is 0 Å². The SMILES string of the molecule is O=C(O)c1ccc(-c2csc(N3[C@@H]4CC[C@H]3CC(OCc3c(-c5ccccc5OC(F)(F)F)noc3C3CC3)C4)n2)c(F)c1. The molecule has 8 nitrogen and oxygen atoms in total. The highest BCUT2D eigenvalue weighted by atomic mass is 32.1. The molecule has 44 heavy (non-hydrogen) atoms. The molecule has 2 saturated heterocycles. The van der Waals surface area contributed by atoms with E-state index in [1.807, 2.05) is 0 Å². The highest BCUT2D eigenvalue weighted by Crippen LogP contribution is 2.47. The van der Waals surface area contributed by atoms with E-state index in [4.69, 9.17) is 19.4 Å². The van der Waals surface area contributed by atoms with Crippen molar-refractivity contribution in [3.8, 4) is 28.3 Å². The van der Waals surface area contributed by atoms with Gasteiger partial charge in [-0.05, 0) is 68.9 Å². The van der Waals surface area contributed by atoms with Crippen LogP contribution in [0.2, 0.25) is 0 Å². The van der Waals surface area contributed by atoms with Crippen molar-refractivity contribution in [3.05, 3.63) is 70.5 Å². The minimum Gasteiger partial charge on any atom is -0.478 e. The number of hydrogen-bond donors (Lipinski definition) is 1. The van der Waals surface area contributed by atoms with Crippen LogP contribution in [0.25, 0.3) is 22.5 Å². The Balaban J connectivity index is 1.07. The van der Waals surface area contributed by atoms with Gasteiger partial charge >= 0.3 is 12.3 Å². The lowest BCUT2D eigenvalue weighted by Gasteiger charge is -2.38. The molecule has 0 amide bonds. The molecule has 0 spiro atoms. The summed E-state index contributed by atoms with van der Waals surface area (Å²) in [6.07, 6.45) is 0.300. The number of thiazole rings is 1. The van der Waals surface area contributed by atoms with E-state index in [0.29, 0.717) is 22.7 Å². The molecule has 0 radical (unpaired) electrons. The van der Waals surface area contributed by atoms with E-state index in [1.54, 1.807) is 11.4 Å². The maximum Gasteiger partial charge on any atom is 0.573 e. The number of rotatable bonds is 9. The van der Waals surface area contributed by atoms with Gasteiger partial charge in [0.05, 0.1) is 24.0 Å². The smallest absolute Gasteiger partial charge is 0.478 e. The van der Waals surface area contributed by atoms with Gasteiger partial charge in [0.2, 0.25) is 0 Å². The standard InChI is InChI=1S/C31H27F4N3O5S/c32-24-11-17(29(39)40)7-10-21(24)25-15-44-30(36-25)38-18-8-9-19(38)13-20(12-18)41-14-23-27(37-43-28(23)16-5-6-16)22-3-1-2-4-26(22)42-31(33,34)35/h1-4,7,10-11,15-16,18-20H,5-6,8-9,12-14H2,(H,39,40)/t18-,19+,20?. The highest BCUT2D eigenvalue weighted by Gasteiger charge is 2.43. The predicted molar refractivity (Wildman–Crippen MR) is 152 cm³/mol. The Bertz CT molecular complexity index is 1690. The second-order valence-electron chi connectivity index (χ2n) is 11.4. The zero-order valence-corrected chi connectivity index (χ0v) is 24.0. The van der Waals surface area contributed by atoms with Gasteiger partial charge in [0.1, 0.15) is 23.0 Å². The van der Waals surface area contributed by atoms with Gasteiger partial charge in [-0.2, -0.15) is 0 Å². The number of anilines is 1. The quantitative estimate of drug-likeness (QED) is 0.187. The van der Waals surface area contributed by atoms with E-state index >= 15 is 0 Å². The molecule has 2 aromatic carbocycles. The largest absolute Gasteiger partial charge is 0.573 e. The number of fused-ring (bicyclic) bond motifs is 2. The molecule has 3 fully saturated rings. The number of hydrogen-bond acceptors (Lipinski definition) is 8. The van der Waals surface area contributed by atoms with Gasteiger partial charge in [-0.15, -0.1) is 24.5 Å². The average Bonchev–Trinajstić information content (AvgIpc) is 3.45. The fraction of sp³-hybridized carbons (Fsp3) is 0.387. The predicted octanol–water partition coefficient (Wildman–Crippen LogP) is 7.80. The number of halogens is 4. The number of aromatic nitrogens is 2. The molecule has 3 atom stereocenters. The zero-order valence-electron chi connectivity index (χ0n) is 23.2. The molecule has 2 bridgehead atoms. The van der Waals surface area contributed by atoms with Gasteiger partial charge in [-0.3, -0.25) is 0 Å². The molecule has 1 N–H and O–H groups in total. The molecule has 1 saturated carbocycles. The molecular weight excluding hydrogens is 602 g/mol. The van der Waals surface area contributed by atoms with Crippen LogP contribution < -0.4 is 9.64 Å². The molecular formula is C31H27F4N3O5S. The normalized spacial score (nSPS) is 21.5. The van der Waals surface area contributed by atoms with E-state index in [-0.39, 0.29) is 53.2 Å². The Morgan fingerprint density at radius 1 is 1.07 bits per heavy atom. The van der Waals surface area contributed by atoms with E-state index in [9.17, 15) is 22.4 Å². The first-order valence-electron chi connectivity index (χ1n) is 14.4. The Labute approximate surface area is 253 Å². The number of ether oxygens (including phenoxy) is 2. The van der Waals surface area contributed by atoms with E-state index in [0.717, 1.165) is 49.7 Å². The zero-order chi connectivity index (χ0) is 30.6. The Morgan fingerprint density at radius 2 is 1.82 bits per heavy atom. The molecule has 4 aromatic rings. The number of benzene rings is 2. The van der Waals surface area contributed by atoms with Crippen molar-refractivity contribution >= 4 is 22.4 Å². The first-order chi connectivity index (χ1) is 21.1. The molecule has 1 aliphatic carbocycles. The van der Waals surface area contributed by atoms with Crippen molar-refractivity contribution < 1.29 is 41.5 Å². The Hall–Kier alpha value is -3.97. The van der Waals surface area contributed by atoms with Gasteiger partial charge in [-0.1, -0.05) is 17.3 Å². The number of alkyl halides is 3. The first-order valence-corrected chi connectivity index (χ1v) is 15.2. The van der Waals surface area contributed by atoms with Crippen molar-refractivity contribution in [1.82, 2.24) is 10.1 Å². The number of piperidine rings is 1. The third kappa shape index (κ3) is 5.65. The molecule has 230 valence electrons. The minimum atomic E-state index is -4.85. The summed E-state index contributed by atoms with van der Waals surface area (Å²) in [5.74, 6) is -1.35. The van der Waals surface area contributed by atoms with Crippen LogP contribution in [0.5, 0.6) is 5.75 Å². The molecule has 13 heteroatoms. The fourth-order valence-corrected chi connectivity index (χ4v) is 7.32. The van der Waals surface area contributed by atoms with Crippen LogP contribution in [0.3, 0.4) is 0 Å². The third-order valence-electron chi connectivity index (χ3n) is 8.49. The van der Waals surface area contributed by atoms with Crippen molar-refractivity contribution in [1.29, 1.82) is 0 Å². The summed E-state index contributed by atoms with van der Waals surface area (Å²) >= 11 is 1.43. The van der Waals surface area contributed by atoms with Crippen LogP contribution in [0.4, 0.5) is 22.7 Å². The van der Waals surface area contributed by atoms with Gasteiger partial charge in [-0.25, -0.2) is 14.2 Å². The first kappa shape index (κ1) is 28.8. The van der Waals surface area contributed by atoms with E-state index in [1.165, 1.54) is 41.7 Å². The maximum absolute atomic E-state index is 14.7.